The first kappa shape index (κ1) is 20.0. The predicted octanol–water partition coefficient (Wildman–Crippen LogP) is 2.29. The van der Waals surface area contributed by atoms with Gasteiger partial charge in [-0.3, -0.25) is 9.59 Å². The van der Waals surface area contributed by atoms with Crippen molar-refractivity contribution in [1.29, 1.82) is 0 Å². The van der Waals surface area contributed by atoms with Crippen LogP contribution in [0.3, 0.4) is 0 Å². The van der Waals surface area contributed by atoms with E-state index in [4.69, 9.17) is 11.6 Å². The normalized spacial score (nSPS) is 19.4. The van der Waals surface area contributed by atoms with Crippen LogP contribution < -0.4 is 5.32 Å². The number of carbonyl (C=O) groups is 2. The zero-order valence-corrected chi connectivity index (χ0v) is 16.0. The largest absolute Gasteiger partial charge is 0.341 e. The number of benzene rings is 1. The Morgan fingerprint density at radius 1 is 1.08 bits per heavy atom. The number of hydrogen-bond donors (Lipinski definition) is 1. The van der Waals surface area contributed by atoms with Crippen LogP contribution in [0.4, 0.5) is 0 Å². The van der Waals surface area contributed by atoms with Crippen molar-refractivity contribution in [3.8, 4) is 0 Å². The number of nitrogens with zero attached hydrogens (tertiary/aromatic N) is 2. The Labute approximate surface area is 160 Å². The molecule has 0 bridgehead atoms. The van der Waals surface area contributed by atoms with E-state index in [0.29, 0.717) is 36.1 Å². The second-order valence-corrected chi connectivity index (χ2v) is 7.12. The summed E-state index contributed by atoms with van der Waals surface area (Å²) in [6.07, 6.45) is 0.820. The molecule has 2 fully saturated rings. The summed E-state index contributed by atoms with van der Waals surface area (Å²) in [6, 6.07) is 6.97. The van der Waals surface area contributed by atoms with Crippen LogP contribution in [0.25, 0.3) is 0 Å². The zero-order chi connectivity index (χ0) is 17.1. The SMILES string of the molecule is CC(C(=O)N1CCCN(C(=O)c2ccc(Cl)cc2)CC1)C1CNC1.Cl. The first-order valence-corrected chi connectivity index (χ1v) is 8.98. The van der Waals surface area contributed by atoms with E-state index in [9.17, 15) is 9.59 Å². The van der Waals surface area contributed by atoms with Crippen LogP contribution in [0, 0.1) is 11.8 Å². The van der Waals surface area contributed by atoms with Crippen molar-refractivity contribution in [3.63, 3.8) is 0 Å². The van der Waals surface area contributed by atoms with Gasteiger partial charge in [-0.05, 0) is 49.7 Å². The summed E-state index contributed by atoms with van der Waals surface area (Å²) in [7, 11) is 0. The minimum absolute atomic E-state index is 0. The van der Waals surface area contributed by atoms with E-state index in [1.165, 1.54) is 0 Å². The molecule has 0 spiro atoms. The second-order valence-electron chi connectivity index (χ2n) is 6.68. The maximum Gasteiger partial charge on any atom is 0.253 e. The molecule has 1 unspecified atom stereocenters. The summed E-state index contributed by atoms with van der Waals surface area (Å²) in [6.45, 7) is 6.50. The fourth-order valence-corrected chi connectivity index (χ4v) is 3.40. The Morgan fingerprint density at radius 2 is 1.68 bits per heavy atom. The smallest absolute Gasteiger partial charge is 0.253 e. The Kier molecular flexibility index (Phi) is 7.11. The van der Waals surface area contributed by atoms with Gasteiger partial charge in [-0.15, -0.1) is 12.4 Å². The number of rotatable bonds is 3. The average molecular weight is 386 g/mol. The molecule has 5 nitrogen and oxygen atoms in total. The number of hydrogen-bond acceptors (Lipinski definition) is 3. The zero-order valence-electron chi connectivity index (χ0n) is 14.4. The molecule has 2 amide bonds. The predicted molar refractivity (Wildman–Crippen MR) is 101 cm³/mol. The van der Waals surface area contributed by atoms with Gasteiger partial charge >= 0.3 is 0 Å². The fraction of sp³-hybridized carbons (Fsp3) is 0.556. The first-order chi connectivity index (χ1) is 11.6. The number of halogens is 2. The monoisotopic (exact) mass is 385 g/mol. The lowest BCUT2D eigenvalue weighted by molar-refractivity contribution is -0.137. The lowest BCUT2D eigenvalue weighted by atomic mass is 9.88. The van der Waals surface area contributed by atoms with E-state index in [-0.39, 0.29) is 30.1 Å². The lowest BCUT2D eigenvalue weighted by Gasteiger charge is -2.34. The highest BCUT2D eigenvalue weighted by Crippen LogP contribution is 2.20. The summed E-state index contributed by atoms with van der Waals surface area (Å²) in [5.41, 5.74) is 0.646. The molecule has 0 radical (unpaired) electrons. The molecular weight excluding hydrogens is 361 g/mol. The summed E-state index contributed by atoms with van der Waals surface area (Å²) in [5, 5.41) is 3.85. The average Bonchev–Trinajstić information content (AvgIpc) is 2.78. The molecule has 138 valence electrons. The molecule has 2 aliphatic heterocycles. The Bertz CT molecular complexity index is 605. The molecule has 0 aromatic heterocycles. The van der Waals surface area contributed by atoms with Crippen molar-refractivity contribution in [3.05, 3.63) is 34.9 Å². The molecule has 1 aromatic carbocycles. The molecule has 2 aliphatic rings. The van der Waals surface area contributed by atoms with Gasteiger partial charge in [0.2, 0.25) is 5.91 Å². The van der Waals surface area contributed by atoms with Crippen LogP contribution in [0.5, 0.6) is 0 Å². The highest BCUT2D eigenvalue weighted by atomic mass is 35.5. The molecule has 3 rings (SSSR count). The lowest BCUT2D eigenvalue weighted by Crippen LogP contribution is -2.51. The molecule has 25 heavy (non-hydrogen) atoms. The highest BCUT2D eigenvalue weighted by Gasteiger charge is 2.32. The summed E-state index contributed by atoms with van der Waals surface area (Å²) >= 11 is 5.88. The van der Waals surface area contributed by atoms with E-state index in [1.807, 2.05) is 16.7 Å². The highest BCUT2D eigenvalue weighted by molar-refractivity contribution is 6.30. The van der Waals surface area contributed by atoms with E-state index in [1.54, 1.807) is 24.3 Å². The minimum atomic E-state index is 0. The molecule has 2 heterocycles. The first-order valence-electron chi connectivity index (χ1n) is 8.60. The van der Waals surface area contributed by atoms with Crippen molar-refractivity contribution in [2.24, 2.45) is 11.8 Å². The Balaban J connectivity index is 0.00000225. The minimum Gasteiger partial charge on any atom is -0.341 e. The van der Waals surface area contributed by atoms with E-state index < -0.39 is 0 Å². The molecule has 7 heteroatoms. The van der Waals surface area contributed by atoms with Gasteiger partial charge in [-0.1, -0.05) is 18.5 Å². The van der Waals surface area contributed by atoms with Crippen molar-refractivity contribution in [2.45, 2.75) is 13.3 Å². The Morgan fingerprint density at radius 3 is 2.28 bits per heavy atom. The van der Waals surface area contributed by atoms with Crippen molar-refractivity contribution >= 4 is 35.8 Å². The maximum absolute atomic E-state index is 12.6. The molecule has 1 atom stereocenters. The molecule has 0 saturated carbocycles. The van der Waals surface area contributed by atoms with Gasteiger partial charge in [0.1, 0.15) is 0 Å². The fourth-order valence-electron chi connectivity index (χ4n) is 3.27. The quantitative estimate of drug-likeness (QED) is 0.868. The van der Waals surface area contributed by atoms with E-state index in [0.717, 1.165) is 26.1 Å². The maximum atomic E-state index is 12.6. The topological polar surface area (TPSA) is 52.7 Å². The van der Waals surface area contributed by atoms with Crippen molar-refractivity contribution < 1.29 is 9.59 Å². The second kappa shape index (κ2) is 8.88. The van der Waals surface area contributed by atoms with Crippen LogP contribution in [-0.2, 0) is 4.79 Å². The molecule has 0 aliphatic carbocycles. The summed E-state index contributed by atoms with van der Waals surface area (Å²) in [5.74, 6) is 0.747. The van der Waals surface area contributed by atoms with Crippen molar-refractivity contribution in [1.82, 2.24) is 15.1 Å². The third-order valence-electron chi connectivity index (χ3n) is 5.10. The molecule has 1 N–H and O–H groups in total. The van der Waals surface area contributed by atoms with Gasteiger partial charge in [0, 0.05) is 42.7 Å². The van der Waals surface area contributed by atoms with Gasteiger partial charge in [0.15, 0.2) is 0 Å². The van der Waals surface area contributed by atoms with Crippen LogP contribution in [0.1, 0.15) is 23.7 Å². The summed E-state index contributed by atoms with van der Waals surface area (Å²) < 4.78 is 0. The van der Waals surface area contributed by atoms with Crippen LogP contribution in [0.2, 0.25) is 5.02 Å². The van der Waals surface area contributed by atoms with Gasteiger partial charge in [-0.25, -0.2) is 0 Å². The number of nitrogens with one attached hydrogen (secondary N) is 1. The third-order valence-corrected chi connectivity index (χ3v) is 5.35. The Hall–Kier alpha value is -1.30. The molecule has 1 aromatic rings. The van der Waals surface area contributed by atoms with E-state index in [2.05, 4.69) is 5.32 Å². The van der Waals surface area contributed by atoms with Crippen LogP contribution in [0.15, 0.2) is 24.3 Å². The van der Waals surface area contributed by atoms with Crippen LogP contribution >= 0.6 is 24.0 Å². The third kappa shape index (κ3) is 4.66. The standard InChI is InChI=1S/C18H24ClN3O2.ClH/c1-13(15-11-20-12-15)17(23)21-7-2-8-22(10-9-21)18(24)14-3-5-16(19)6-4-14;/h3-6,13,15,20H,2,7-12H2,1H3;1H. The van der Waals surface area contributed by atoms with E-state index >= 15 is 0 Å². The van der Waals surface area contributed by atoms with Gasteiger partial charge in [0.25, 0.3) is 5.91 Å². The van der Waals surface area contributed by atoms with Gasteiger partial charge in [-0.2, -0.15) is 0 Å². The van der Waals surface area contributed by atoms with Gasteiger partial charge in [0.05, 0.1) is 0 Å². The molecular formula is C18H25Cl2N3O2. The number of carbonyl (C=O) groups excluding carboxylic acids is 2. The number of amides is 2. The van der Waals surface area contributed by atoms with Crippen molar-refractivity contribution in [2.75, 3.05) is 39.3 Å². The summed E-state index contributed by atoms with van der Waals surface area (Å²) in [4.78, 5) is 29.0. The molecule has 2 saturated heterocycles. The van der Waals surface area contributed by atoms with Crippen LogP contribution in [-0.4, -0.2) is 60.9 Å². The van der Waals surface area contributed by atoms with Gasteiger partial charge < -0.3 is 15.1 Å².